The molecule has 1 aliphatic rings. The number of nitrogens with zero attached hydrogens (tertiary/aromatic N) is 1. The smallest absolute Gasteiger partial charge is 0.127 e. The summed E-state index contributed by atoms with van der Waals surface area (Å²) in [6, 6.07) is 9.88. The zero-order valence-electron chi connectivity index (χ0n) is 15.8. The van der Waals surface area contributed by atoms with Crippen LogP contribution in [0.4, 0.5) is 4.39 Å². The summed E-state index contributed by atoms with van der Waals surface area (Å²) in [5, 5.41) is 10.2. The van der Waals surface area contributed by atoms with E-state index in [1.807, 2.05) is 6.07 Å². The highest BCUT2D eigenvalue weighted by atomic mass is 19.1. The first-order chi connectivity index (χ1) is 13.1. The predicted molar refractivity (Wildman–Crippen MR) is 102 cm³/mol. The lowest BCUT2D eigenvalue weighted by atomic mass is 10.0. The molecule has 5 nitrogen and oxygen atoms in total. The number of methoxy groups -OCH3 is 2. The van der Waals surface area contributed by atoms with E-state index in [9.17, 15) is 9.50 Å². The fourth-order valence-electron chi connectivity index (χ4n) is 3.30. The molecule has 3 rings (SSSR count). The monoisotopic (exact) mass is 375 g/mol. The highest BCUT2D eigenvalue weighted by Crippen LogP contribution is 2.32. The largest absolute Gasteiger partial charge is 0.497 e. The van der Waals surface area contributed by atoms with Gasteiger partial charge in [-0.3, -0.25) is 0 Å². The summed E-state index contributed by atoms with van der Waals surface area (Å²) < 4.78 is 30.1. The molecule has 1 fully saturated rings. The van der Waals surface area contributed by atoms with Crippen LogP contribution in [0.3, 0.4) is 0 Å². The van der Waals surface area contributed by atoms with Gasteiger partial charge in [0.25, 0.3) is 0 Å². The second-order valence-electron chi connectivity index (χ2n) is 6.75. The van der Waals surface area contributed by atoms with Crippen molar-refractivity contribution >= 4 is 0 Å². The van der Waals surface area contributed by atoms with Crippen molar-refractivity contribution in [3.63, 3.8) is 0 Å². The van der Waals surface area contributed by atoms with E-state index < -0.39 is 6.10 Å². The lowest BCUT2D eigenvalue weighted by Gasteiger charge is -2.20. The van der Waals surface area contributed by atoms with Gasteiger partial charge in [-0.25, -0.2) is 4.39 Å². The molecule has 2 aromatic rings. The van der Waals surface area contributed by atoms with Crippen molar-refractivity contribution in [3.8, 4) is 28.4 Å². The molecule has 1 saturated heterocycles. The third-order valence-electron chi connectivity index (χ3n) is 4.67. The number of hydrogen-bond donors (Lipinski definition) is 1. The average molecular weight is 375 g/mol. The van der Waals surface area contributed by atoms with E-state index in [-0.39, 0.29) is 12.4 Å². The minimum absolute atomic E-state index is 0.190. The van der Waals surface area contributed by atoms with Crippen LogP contribution in [0.15, 0.2) is 36.4 Å². The molecule has 146 valence electrons. The zero-order valence-corrected chi connectivity index (χ0v) is 15.8. The third kappa shape index (κ3) is 5.34. The Morgan fingerprint density at radius 1 is 0.926 bits per heavy atom. The molecule has 0 bridgehead atoms. The molecule has 27 heavy (non-hydrogen) atoms. The Morgan fingerprint density at radius 2 is 1.52 bits per heavy atom. The molecule has 0 saturated carbocycles. The van der Waals surface area contributed by atoms with Crippen LogP contribution in [0.2, 0.25) is 0 Å². The van der Waals surface area contributed by atoms with Crippen LogP contribution < -0.4 is 14.2 Å². The zero-order chi connectivity index (χ0) is 19.2. The van der Waals surface area contributed by atoms with Crippen LogP contribution in [0, 0.1) is 5.82 Å². The third-order valence-corrected chi connectivity index (χ3v) is 4.67. The van der Waals surface area contributed by atoms with Gasteiger partial charge in [0.15, 0.2) is 0 Å². The molecule has 1 aliphatic heterocycles. The predicted octanol–water partition coefficient (Wildman–Crippen LogP) is 3.35. The minimum atomic E-state index is -0.563. The Hall–Kier alpha value is -2.31. The van der Waals surface area contributed by atoms with E-state index in [2.05, 4.69) is 4.90 Å². The van der Waals surface area contributed by atoms with Crippen molar-refractivity contribution in [2.75, 3.05) is 40.5 Å². The number of likely N-dealkylation sites (tertiary alicyclic amines) is 1. The Bertz CT molecular complexity index is 762. The Labute approximate surface area is 159 Å². The van der Waals surface area contributed by atoms with Crippen LogP contribution >= 0.6 is 0 Å². The first-order valence-corrected chi connectivity index (χ1v) is 9.14. The van der Waals surface area contributed by atoms with Gasteiger partial charge < -0.3 is 24.2 Å². The van der Waals surface area contributed by atoms with E-state index in [0.29, 0.717) is 29.4 Å². The van der Waals surface area contributed by atoms with Crippen molar-refractivity contribution in [3.05, 3.63) is 42.2 Å². The summed E-state index contributed by atoms with van der Waals surface area (Å²) in [5.74, 6) is 1.22. The molecule has 0 aromatic heterocycles. The fraction of sp³-hybridized carbons (Fsp3) is 0.429. The van der Waals surface area contributed by atoms with Crippen molar-refractivity contribution in [2.24, 2.45) is 0 Å². The SMILES string of the molecule is COc1cc(F)cc(-c2cc(OC)cc(OCC(O)CN3CCCC3)c2)c1. The number of rotatable bonds is 8. The van der Waals surface area contributed by atoms with Crippen molar-refractivity contribution in [1.29, 1.82) is 0 Å². The Balaban J connectivity index is 1.74. The van der Waals surface area contributed by atoms with Gasteiger partial charge in [0.1, 0.15) is 35.8 Å². The average Bonchev–Trinajstić information content (AvgIpc) is 3.18. The maximum atomic E-state index is 13.9. The van der Waals surface area contributed by atoms with E-state index in [1.54, 1.807) is 25.3 Å². The van der Waals surface area contributed by atoms with Crippen molar-refractivity contribution < 1.29 is 23.7 Å². The second kappa shape index (κ2) is 9.06. The Morgan fingerprint density at radius 3 is 2.19 bits per heavy atom. The molecule has 0 aliphatic carbocycles. The number of hydrogen-bond acceptors (Lipinski definition) is 5. The number of aliphatic hydroxyl groups is 1. The van der Waals surface area contributed by atoms with Gasteiger partial charge in [-0.05, 0) is 61.3 Å². The second-order valence-corrected chi connectivity index (χ2v) is 6.75. The molecular weight excluding hydrogens is 349 g/mol. The summed E-state index contributed by atoms with van der Waals surface area (Å²) in [4.78, 5) is 2.24. The molecule has 6 heteroatoms. The van der Waals surface area contributed by atoms with Crippen LogP contribution in [0.1, 0.15) is 12.8 Å². The number of aliphatic hydroxyl groups excluding tert-OH is 1. The van der Waals surface area contributed by atoms with Gasteiger partial charge in [-0.15, -0.1) is 0 Å². The molecule has 0 amide bonds. The van der Waals surface area contributed by atoms with E-state index in [1.165, 1.54) is 32.1 Å². The summed E-state index contributed by atoms with van der Waals surface area (Å²) in [6.45, 7) is 2.86. The van der Waals surface area contributed by atoms with Crippen LogP contribution in [0.5, 0.6) is 17.2 Å². The summed E-state index contributed by atoms with van der Waals surface area (Å²) in [6.07, 6.45) is 1.81. The van der Waals surface area contributed by atoms with Crippen LogP contribution in [0.25, 0.3) is 11.1 Å². The highest BCUT2D eigenvalue weighted by Gasteiger charge is 2.16. The Kier molecular flexibility index (Phi) is 6.53. The normalized spacial score (nSPS) is 15.6. The van der Waals surface area contributed by atoms with Gasteiger partial charge in [0, 0.05) is 18.7 Å². The van der Waals surface area contributed by atoms with Crippen molar-refractivity contribution in [2.45, 2.75) is 18.9 Å². The first kappa shape index (κ1) is 19.5. The van der Waals surface area contributed by atoms with Gasteiger partial charge in [0.2, 0.25) is 0 Å². The molecule has 1 atom stereocenters. The molecule has 0 radical (unpaired) electrons. The fourth-order valence-corrected chi connectivity index (χ4v) is 3.30. The topological polar surface area (TPSA) is 51.2 Å². The van der Waals surface area contributed by atoms with E-state index in [0.717, 1.165) is 18.7 Å². The molecule has 1 heterocycles. The number of β-amino-alcohol motifs (C(OH)–C–C–N with tert-alkyl or cyclic N) is 1. The quantitative estimate of drug-likeness (QED) is 0.767. The number of benzene rings is 2. The summed E-state index contributed by atoms with van der Waals surface area (Å²) in [7, 11) is 3.07. The lowest BCUT2D eigenvalue weighted by molar-refractivity contribution is 0.0757. The van der Waals surface area contributed by atoms with Gasteiger partial charge in [0.05, 0.1) is 14.2 Å². The summed E-state index contributed by atoms with van der Waals surface area (Å²) in [5.41, 5.74) is 1.41. The van der Waals surface area contributed by atoms with E-state index in [4.69, 9.17) is 14.2 Å². The first-order valence-electron chi connectivity index (χ1n) is 9.14. The van der Waals surface area contributed by atoms with Crippen LogP contribution in [-0.2, 0) is 0 Å². The van der Waals surface area contributed by atoms with Crippen molar-refractivity contribution in [1.82, 2.24) is 4.90 Å². The molecule has 0 spiro atoms. The molecule has 1 N–H and O–H groups in total. The minimum Gasteiger partial charge on any atom is -0.497 e. The van der Waals surface area contributed by atoms with E-state index >= 15 is 0 Å². The lowest BCUT2D eigenvalue weighted by Crippen LogP contribution is -2.33. The number of halogens is 1. The van der Waals surface area contributed by atoms with Crippen LogP contribution in [-0.4, -0.2) is 56.6 Å². The maximum absolute atomic E-state index is 13.9. The molecule has 1 unspecified atom stereocenters. The van der Waals surface area contributed by atoms with Gasteiger partial charge in [-0.2, -0.15) is 0 Å². The molecular formula is C21H26FNO4. The van der Waals surface area contributed by atoms with Gasteiger partial charge in [-0.1, -0.05) is 0 Å². The highest BCUT2D eigenvalue weighted by molar-refractivity contribution is 5.68. The van der Waals surface area contributed by atoms with Gasteiger partial charge >= 0.3 is 0 Å². The molecule has 2 aromatic carbocycles. The summed E-state index contributed by atoms with van der Waals surface area (Å²) >= 11 is 0. The number of ether oxygens (including phenoxy) is 3. The standard InChI is InChI=1S/C21H26FNO4/c1-25-19-8-15(7-17(22)11-19)16-9-20(26-2)12-21(10-16)27-14-18(24)13-23-5-3-4-6-23/h7-12,18,24H,3-6,13-14H2,1-2H3. The maximum Gasteiger partial charge on any atom is 0.127 e.